The molecule has 1 amide bonds. The van der Waals surface area contributed by atoms with E-state index >= 15 is 0 Å². The third kappa shape index (κ3) is 9.81. The Bertz CT molecular complexity index is 309. The molecule has 0 aliphatic rings. The summed E-state index contributed by atoms with van der Waals surface area (Å²) in [5.41, 5.74) is -0.243. The molecule has 0 saturated carbocycles. The van der Waals surface area contributed by atoms with Crippen LogP contribution in [0, 0.1) is 0 Å². The topological polar surface area (TPSA) is 29.1 Å². The van der Waals surface area contributed by atoms with Crippen molar-refractivity contribution in [3.05, 3.63) is 9.40 Å². The van der Waals surface area contributed by atoms with Gasteiger partial charge in [0.2, 0.25) is 5.91 Å². The molecule has 17 heavy (non-hydrogen) atoms. The SMILES string of the molecule is CC(C)(C)NC(=O)CC(SC(C)(C)C)=C(Cl)Cl. The summed E-state index contributed by atoms with van der Waals surface area (Å²) in [4.78, 5) is 12.5. The first-order valence-electron chi connectivity index (χ1n) is 5.45. The second kappa shape index (κ2) is 6.35. The number of nitrogens with one attached hydrogen (secondary N) is 1. The van der Waals surface area contributed by atoms with E-state index in [2.05, 4.69) is 26.1 Å². The summed E-state index contributed by atoms with van der Waals surface area (Å²) in [6, 6.07) is 0. The molecule has 2 nitrogen and oxygen atoms in total. The number of halogens is 2. The predicted octanol–water partition coefficient (Wildman–Crippen LogP) is 4.47. The lowest BCUT2D eigenvalue weighted by atomic mass is 10.1. The van der Waals surface area contributed by atoms with Crippen LogP contribution in [0.3, 0.4) is 0 Å². The highest BCUT2D eigenvalue weighted by molar-refractivity contribution is 8.04. The highest BCUT2D eigenvalue weighted by Crippen LogP contribution is 2.37. The lowest BCUT2D eigenvalue weighted by Gasteiger charge is -2.23. The molecule has 0 spiro atoms. The Kier molecular flexibility index (Phi) is 6.40. The maximum absolute atomic E-state index is 11.8. The average molecular weight is 298 g/mol. The third-order valence-electron chi connectivity index (χ3n) is 1.48. The van der Waals surface area contributed by atoms with Gasteiger partial charge in [-0.1, -0.05) is 44.0 Å². The summed E-state index contributed by atoms with van der Waals surface area (Å²) in [5.74, 6) is -0.0666. The van der Waals surface area contributed by atoms with Crippen LogP contribution in [0.4, 0.5) is 0 Å². The van der Waals surface area contributed by atoms with E-state index in [9.17, 15) is 4.79 Å². The monoisotopic (exact) mass is 297 g/mol. The van der Waals surface area contributed by atoms with E-state index in [4.69, 9.17) is 23.2 Å². The molecule has 5 heteroatoms. The minimum atomic E-state index is -0.243. The largest absolute Gasteiger partial charge is 0.351 e. The molecule has 1 N–H and O–H groups in total. The Morgan fingerprint density at radius 2 is 1.59 bits per heavy atom. The van der Waals surface area contributed by atoms with E-state index in [-0.39, 0.29) is 27.1 Å². The number of thioether (sulfide) groups is 1. The van der Waals surface area contributed by atoms with Crippen molar-refractivity contribution in [2.75, 3.05) is 0 Å². The molecular weight excluding hydrogens is 277 g/mol. The Labute approximate surface area is 119 Å². The lowest BCUT2D eigenvalue weighted by Crippen LogP contribution is -2.40. The van der Waals surface area contributed by atoms with Gasteiger partial charge in [-0.05, 0) is 20.8 Å². The Morgan fingerprint density at radius 1 is 1.12 bits per heavy atom. The molecule has 0 saturated heterocycles. The first-order chi connectivity index (χ1) is 7.41. The normalized spacial score (nSPS) is 12.2. The van der Waals surface area contributed by atoms with Gasteiger partial charge in [0.05, 0.1) is 6.42 Å². The van der Waals surface area contributed by atoms with Crippen molar-refractivity contribution in [2.45, 2.75) is 58.2 Å². The first-order valence-corrected chi connectivity index (χ1v) is 7.02. The van der Waals surface area contributed by atoms with Gasteiger partial charge in [0.1, 0.15) is 4.49 Å². The number of amides is 1. The minimum absolute atomic E-state index is 0.0215. The van der Waals surface area contributed by atoms with Crippen molar-refractivity contribution in [1.82, 2.24) is 5.32 Å². The molecule has 0 aromatic heterocycles. The van der Waals surface area contributed by atoms with E-state index < -0.39 is 0 Å². The van der Waals surface area contributed by atoms with E-state index in [1.54, 1.807) is 0 Å². The zero-order valence-corrected chi connectivity index (χ0v) is 13.6. The second-order valence-electron chi connectivity index (χ2n) is 5.87. The standard InChI is InChI=1S/C12H21Cl2NOS/c1-11(2,3)15-9(16)7-8(10(13)14)17-12(4,5)6/h7H2,1-6H3,(H,15,16). The van der Waals surface area contributed by atoms with Gasteiger partial charge in [-0.15, -0.1) is 11.8 Å². The molecule has 0 aliphatic carbocycles. The molecule has 0 radical (unpaired) electrons. The molecule has 0 heterocycles. The molecule has 0 bridgehead atoms. The molecule has 0 aromatic rings. The fraction of sp³-hybridized carbons (Fsp3) is 0.750. The highest BCUT2D eigenvalue weighted by Gasteiger charge is 2.21. The molecule has 0 aliphatic heterocycles. The molecule has 0 unspecified atom stereocenters. The lowest BCUT2D eigenvalue weighted by molar-refractivity contribution is -0.121. The van der Waals surface area contributed by atoms with Gasteiger partial charge in [-0.3, -0.25) is 4.79 Å². The quantitative estimate of drug-likeness (QED) is 0.833. The summed E-state index contributed by atoms with van der Waals surface area (Å²) in [7, 11) is 0. The smallest absolute Gasteiger partial charge is 0.225 e. The molecule has 0 atom stereocenters. The number of rotatable bonds is 3. The van der Waals surface area contributed by atoms with Gasteiger partial charge in [-0.25, -0.2) is 0 Å². The number of hydrogen-bond acceptors (Lipinski definition) is 2. The zero-order chi connectivity index (χ0) is 13.9. The van der Waals surface area contributed by atoms with Gasteiger partial charge in [0.25, 0.3) is 0 Å². The maximum Gasteiger partial charge on any atom is 0.225 e. The Morgan fingerprint density at radius 3 is 1.88 bits per heavy atom. The second-order valence-corrected chi connectivity index (χ2v) is 8.74. The molecule has 0 aromatic carbocycles. The summed E-state index contributed by atoms with van der Waals surface area (Å²) in [5, 5.41) is 2.89. The fourth-order valence-electron chi connectivity index (χ4n) is 1.12. The van der Waals surface area contributed by atoms with Crippen LogP contribution in [0.5, 0.6) is 0 Å². The van der Waals surface area contributed by atoms with Gasteiger partial charge < -0.3 is 5.32 Å². The molecular formula is C12H21Cl2NOS. The average Bonchev–Trinajstić information content (AvgIpc) is 1.95. The summed E-state index contributed by atoms with van der Waals surface area (Å²) in [6.45, 7) is 12.0. The summed E-state index contributed by atoms with van der Waals surface area (Å²) >= 11 is 13.1. The van der Waals surface area contributed by atoms with Crippen molar-refractivity contribution in [3.8, 4) is 0 Å². The summed E-state index contributed by atoms with van der Waals surface area (Å²) < 4.78 is 0.154. The van der Waals surface area contributed by atoms with Crippen molar-refractivity contribution in [1.29, 1.82) is 0 Å². The highest BCUT2D eigenvalue weighted by atomic mass is 35.5. The summed E-state index contributed by atoms with van der Waals surface area (Å²) in [6.07, 6.45) is 0.224. The third-order valence-corrected chi connectivity index (χ3v) is 3.36. The number of hydrogen-bond donors (Lipinski definition) is 1. The number of carbonyl (C=O) groups is 1. The van der Waals surface area contributed by atoms with E-state index in [0.29, 0.717) is 4.91 Å². The van der Waals surface area contributed by atoms with E-state index in [0.717, 1.165) is 0 Å². The van der Waals surface area contributed by atoms with Gasteiger partial charge >= 0.3 is 0 Å². The fourth-order valence-corrected chi connectivity index (χ4v) is 2.50. The van der Waals surface area contributed by atoms with Crippen LogP contribution in [0.15, 0.2) is 9.40 Å². The van der Waals surface area contributed by atoms with Crippen LogP contribution in [0.25, 0.3) is 0 Å². The van der Waals surface area contributed by atoms with Crippen molar-refractivity contribution >= 4 is 40.9 Å². The zero-order valence-electron chi connectivity index (χ0n) is 11.3. The van der Waals surface area contributed by atoms with Crippen LogP contribution in [-0.4, -0.2) is 16.2 Å². The van der Waals surface area contributed by atoms with Gasteiger partial charge in [0, 0.05) is 15.2 Å². The van der Waals surface area contributed by atoms with Crippen LogP contribution in [0.2, 0.25) is 0 Å². The van der Waals surface area contributed by atoms with Crippen molar-refractivity contribution in [3.63, 3.8) is 0 Å². The minimum Gasteiger partial charge on any atom is -0.351 e. The van der Waals surface area contributed by atoms with Crippen LogP contribution < -0.4 is 5.32 Å². The van der Waals surface area contributed by atoms with Crippen molar-refractivity contribution in [2.24, 2.45) is 0 Å². The predicted molar refractivity (Wildman–Crippen MR) is 78.6 cm³/mol. The molecule has 0 fully saturated rings. The van der Waals surface area contributed by atoms with E-state index in [1.807, 2.05) is 20.8 Å². The Hall–Kier alpha value is 0.140. The van der Waals surface area contributed by atoms with Crippen molar-refractivity contribution < 1.29 is 4.79 Å². The van der Waals surface area contributed by atoms with Crippen LogP contribution >= 0.6 is 35.0 Å². The molecule has 100 valence electrons. The molecule has 0 rings (SSSR count). The van der Waals surface area contributed by atoms with Crippen LogP contribution in [0.1, 0.15) is 48.0 Å². The van der Waals surface area contributed by atoms with Gasteiger partial charge in [0.15, 0.2) is 0 Å². The Balaban J connectivity index is 4.61. The van der Waals surface area contributed by atoms with Crippen LogP contribution in [-0.2, 0) is 4.79 Å². The van der Waals surface area contributed by atoms with E-state index in [1.165, 1.54) is 11.8 Å². The maximum atomic E-state index is 11.8. The number of carbonyl (C=O) groups excluding carboxylic acids is 1. The van der Waals surface area contributed by atoms with Gasteiger partial charge in [-0.2, -0.15) is 0 Å². The first kappa shape index (κ1) is 17.1.